The molecule has 0 aliphatic rings. The Bertz CT molecular complexity index is 2600. The predicted molar refractivity (Wildman–Crippen MR) is 220 cm³/mol. The molecule has 6 aromatic rings. The molecule has 0 aliphatic carbocycles. The fourth-order valence-electron chi connectivity index (χ4n) is 5.98. The maximum Gasteiger partial charge on any atom is 0.347 e. The van der Waals surface area contributed by atoms with E-state index in [0.717, 1.165) is 11.1 Å². The van der Waals surface area contributed by atoms with E-state index in [1.54, 1.807) is 43.3 Å². The number of carbonyl (C=O) groups is 5. The highest BCUT2D eigenvalue weighted by Gasteiger charge is 2.22. The first kappa shape index (κ1) is 42.5. The van der Waals surface area contributed by atoms with Gasteiger partial charge in [-0.15, -0.1) is 0 Å². The molecule has 0 fully saturated rings. The number of hydrogen-bond donors (Lipinski definition) is 0. The Morgan fingerprint density at radius 1 is 0.393 bits per heavy atom. The Labute approximate surface area is 350 Å². The molecule has 0 radical (unpaired) electrons. The topological polar surface area (TPSA) is 168 Å². The summed E-state index contributed by atoms with van der Waals surface area (Å²) in [4.78, 5) is 63.4. The van der Waals surface area contributed by atoms with E-state index < -0.39 is 23.9 Å². The van der Waals surface area contributed by atoms with Crippen LogP contribution in [-0.2, 0) is 0 Å². The van der Waals surface area contributed by atoms with Crippen LogP contribution in [0.5, 0.6) is 51.7 Å². The van der Waals surface area contributed by atoms with Crippen LogP contribution in [0.4, 0.5) is 0 Å². The van der Waals surface area contributed by atoms with Gasteiger partial charge in [-0.25, -0.2) is 19.2 Å². The zero-order valence-electron chi connectivity index (χ0n) is 33.8. The maximum atomic E-state index is 13.0. The van der Waals surface area contributed by atoms with Crippen molar-refractivity contribution in [1.29, 1.82) is 0 Å². The molecule has 0 heterocycles. The highest BCUT2D eigenvalue weighted by atomic mass is 16.6. The van der Waals surface area contributed by atoms with Gasteiger partial charge >= 0.3 is 23.9 Å². The lowest BCUT2D eigenvalue weighted by Crippen LogP contribution is -2.12. The van der Waals surface area contributed by atoms with Gasteiger partial charge in [0.2, 0.25) is 0 Å². The maximum absolute atomic E-state index is 13.0. The van der Waals surface area contributed by atoms with Crippen molar-refractivity contribution in [3.05, 3.63) is 149 Å². The van der Waals surface area contributed by atoms with Gasteiger partial charge in [0.1, 0.15) is 34.3 Å². The van der Waals surface area contributed by atoms with Crippen LogP contribution < -0.4 is 42.6 Å². The molecule has 0 bridgehead atoms. The van der Waals surface area contributed by atoms with Gasteiger partial charge in [-0.1, -0.05) is 18.2 Å². The number of benzene rings is 6. The van der Waals surface area contributed by atoms with Gasteiger partial charge in [0.15, 0.2) is 29.3 Å². The van der Waals surface area contributed by atoms with Gasteiger partial charge in [0, 0.05) is 17.7 Å². The van der Waals surface area contributed by atoms with Crippen LogP contribution in [0, 0.1) is 6.92 Å². The number of hydrogen-bond acceptors (Lipinski definition) is 14. The lowest BCUT2D eigenvalue weighted by atomic mass is 10.0. The number of ether oxygens (including phenoxy) is 9. The lowest BCUT2D eigenvalue weighted by Gasteiger charge is -2.13. The molecular formula is C47H38O14. The summed E-state index contributed by atoms with van der Waals surface area (Å²) in [5.41, 5.74) is 2.93. The molecule has 0 saturated carbocycles. The number of aryl methyl sites for hydroxylation is 1. The van der Waals surface area contributed by atoms with Crippen molar-refractivity contribution >= 4 is 30.2 Å². The third-order valence-corrected chi connectivity index (χ3v) is 9.21. The van der Waals surface area contributed by atoms with Crippen molar-refractivity contribution in [2.24, 2.45) is 0 Å². The van der Waals surface area contributed by atoms with Crippen LogP contribution in [0.15, 0.2) is 115 Å². The van der Waals surface area contributed by atoms with E-state index in [0.29, 0.717) is 34.8 Å². The van der Waals surface area contributed by atoms with Crippen LogP contribution in [-0.4, -0.2) is 65.7 Å². The van der Waals surface area contributed by atoms with E-state index in [1.165, 1.54) is 108 Å². The third-order valence-electron chi connectivity index (χ3n) is 9.21. The number of carbonyl (C=O) groups excluding carboxylic acids is 5. The normalized spacial score (nSPS) is 10.5. The average Bonchev–Trinajstić information content (AvgIpc) is 3.29. The second-order valence-corrected chi connectivity index (χ2v) is 12.9. The highest BCUT2D eigenvalue weighted by molar-refractivity contribution is 6.00. The number of aldehydes is 1. The molecule has 0 amide bonds. The van der Waals surface area contributed by atoms with Crippen LogP contribution in [0.3, 0.4) is 0 Å². The molecule has 14 nitrogen and oxygen atoms in total. The molecule has 61 heavy (non-hydrogen) atoms. The van der Waals surface area contributed by atoms with E-state index in [4.69, 9.17) is 42.6 Å². The quantitative estimate of drug-likeness (QED) is 0.0550. The lowest BCUT2D eigenvalue weighted by molar-refractivity contribution is 0.0718. The van der Waals surface area contributed by atoms with Crippen molar-refractivity contribution in [1.82, 2.24) is 0 Å². The molecule has 0 atom stereocenters. The first-order chi connectivity index (χ1) is 29.5. The minimum Gasteiger partial charge on any atom is -0.496 e. The van der Waals surface area contributed by atoms with E-state index in [-0.39, 0.29) is 56.6 Å². The van der Waals surface area contributed by atoms with Crippen LogP contribution >= 0.6 is 0 Å². The van der Waals surface area contributed by atoms with Crippen molar-refractivity contribution < 1.29 is 66.6 Å². The average molecular weight is 827 g/mol. The third kappa shape index (κ3) is 9.78. The summed E-state index contributed by atoms with van der Waals surface area (Å²) in [5.74, 6) is -0.302. The molecule has 0 saturated heterocycles. The van der Waals surface area contributed by atoms with Crippen molar-refractivity contribution in [2.45, 2.75) is 6.92 Å². The Balaban J connectivity index is 1.03. The van der Waals surface area contributed by atoms with Crippen LogP contribution in [0.2, 0.25) is 0 Å². The molecule has 14 heteroatoms. The molecule has 0 aromatic heterocycles. The van der Waals surface area contributed by atoms with E-state index in [1.807, 2.05) is 6.07 Å². The second kappa shape index (κ2) is 19.1. The van der Waals surface area contributed by atoms with E-state index in [9.17, 15) is 24.0 Å². The Hall–Kier alpha value is -8.13. The van der Waals surface area contributed by atoms with Crippen molar-refractivity contribution in [2.75, 3.05) is 35.5 Å². The minimum absolute atomic E-state index is 0.0216. The second-order valence-electron chi connectivity index (χ2n) is 12.9. The number of methoxy groups -OCH3 is 5. The first-order valence-corrected chi connectivity index (χ1v) is 18.3. The van der Waals surface area contributed by atoms with Crippen LogP contribution in [0.25, 0.3) is 11.1 Å². The molecule has 0 spiro atoms. The van der Waals surface area contributed by atoms with Gasteiger partial charge in [-0.3, -0.25) is 4.79 Å². The molecule has 0 unspecified atom stereocenters. The van der Waals surface area contributed by atoms with Crippen LogP contribution in [0.1, 0.15) is 57.4 Å². The number of esters is 4. The summed E-state index contributed by atoms with van der Waals surface area (Å²) in [6, 6.07) is 29.5. The van der Waals surface area contributed by atoms with Gasteiger partial charge in [-0.2, -0.15) is 0 Å². The van der Waals surface area contributed by atoms with Gasteiger partial charge in [0.25, 0.3) is 0 Å². The monoisotopic (exact) mass is 826 g/mol. The fraction of sp³-hybridized carbons (Fsp3) is 0.128. The summed E-state index contributed by atoms with van der Waals surface area (Å²) < 4.78 is 48.5. The number of rotatable bonds is 15. The van der Waals surface area contributed by atoms with E-state index >= 15 is 0 Å². The van der Waals surface area contributed by atoms with Crippen molar-refractivity contribution in [3.8, 4) is 62.9 Å². The minimum atomic E-state index is -0.802. The Kier molecular flexibility index (Phi) is 13.3. The summed E-state index contributed by atoms with van der Waals surface area (Å²) in [6.45, 7) is 1.80. The summed E-state index contributed by atoms with van der Waals surface area (Å²) in [6.07, 6.45) is 0.510. The smallest absolute Gasteiger partial charge is 0.347 e. The Morgan fingerprint density at radius 2 is 0.803 bits per heavy atom. The molecule has 6 rings (SSSR count). The van der Waals surface area contributed by atoms with Gasteiger partial charge in [0.05, 0.1) is 52.2 Å². The zero-order chi connectivity index (χ0) is 43.6. The standard InChI is InChI=1S/C47H38O14/c1-27-21-31(13-20-38(27)61-45(50)30-11-18-35(19-12-30)60-47(52)37-24-42(56-5)43(57-6)25-39(37)53-2)28-7-14-33(15-8-28)58-44(49)29-9-16-34(17-10-29)59-46(51)36-23-41(55-4)40(54-3)22-32(36)26-48/h7-26H,1-6H3. The molecule has 310 valence electrons. The molecule has 6 aromatic carbocycles. The van der Waals surface area contributed by atoms with Gasteiger partial charge in [-0.05, 0) is 109 Å². The zero-order valence-corrected chi connectivity index (χ0v) is 33.8. The summed E-state index contributed by atoms with van der Waals surface area (Å²) in [5, 5.41) is 0. The largest absolute Gasteiger partial charge is 0.496 e. The Morgan fingerprint density at radius 3 is 1.30 bits per heavy atom. The summed E-state index contributed by atoms with van der Waals surface area (Å²) >= 11 is 0. The molecule has 0 N–H and O–H groups in total. The molecular weight excluding hydrogens is 789 g/mol. The van der Waals surface area contributed by atoms with E-state index in [2.05, 4.69) is 0 Å². The summed E-state index contributed by atoms with van der Waals surface area (Å²) in [7, 11) is 7.14. The van der Waals surface area contributed by atoms with Crippen molar-refractivity contribution in [3.63, 3.8) is 0 Å². The highest BCUT2D eigenvalue weighted by Crippen LogP contribution is 2.36. The molecule has 0 aliphatic heterocycles. The first-order valence-electron chi connectivity index (χ1n) is 18.3. The fourth-order valence-corrected chi connectivity index (χ4v) is 5.98. The SMILES string of the molecule is COc1cc(C=O)c(C(=O)Oc2ccc(C(=O)Oc3ccc(-c4ccc(OC(=O)c5ccc(OC(=O)c6cc(OC)c(OC)cc6OC)cc5)c(C)c4)cc3)cc2)cc1OC. The predicted octanol–water partition coefficient (Wildman–Crippen LogP) is 8.39. The van der Waals surface area contributed by atoms with Gasteiger partial charge < -0.3 is 42.6 Å².